The van der Waals surface area contributed by atoms with Crippen LogP contribution in [0.15, 0.2) is 42.5 Å². The van der Waals surface area contributed by atoms with Crippen molar-refractivity contribution < 1.29 is 18.8 Å². The van der Waals surface area contributed by atoms with Crippen LogP contribution in [-0.2, 0) is 20.9 Å². The summed E-state index contributed by atoms with van der Waals surface area (Å²) in [5.41, 5.74) is 3.90. The Morgan fingerprint density at radius 1 is 1.12 bits per heavy atom. The molecule has 5 nitrogen and oxygen atoms in total. The van der Waals surface area contributed by atoms with Gasteiger partial charge in [-0.3, -0.25) is 4.79 Å². The highest BCUT2D eigenvalue weighted by Gasteiger charge is 2.46. The molecule has 1 atom stereocenters. The first-order valence-corrected chi connectivity index (χ1v) is 11.8. The number of ether oxygens (including phenoxy) is 1. The van der Waals surface area contributed by atoms with Gasteiger partial charge in [-0.1, -0.05) is 41.9 Å². The largest absolute Gasteiger partial charge is 0.457 e. The van der Waals surface area contributed by atoms with Gasteiger partial charge in [-0.05, 0) is 62.9 Å². The summed E-state index contributed by atoms with van der Waals surface area (Å²) >= 11 is 6.22. The maximum atomic E-state index is 13.8. The van der Waals surface area contributed by atoms with Gasteiger partial charge in [0.05, 0.1) is 13.1 Å². The zero-order valence-electron chi connectivity index (χ0n) is 19.6. The predicted molar refractivity (Wildman–Crippen MR) is 129 cm³/mol. The number of carbonyl (C=O) groups excluding carboxylic acids is 2. The molecule has 6 heteroatoms. The summed E-state index contributed by atoms with van der Waals surface area (Å²) < 4.78 is 5.99. The normalized spacial score (nSPS) is 16.8. The summed E-state index contributed by atoms with van der Waals surface area (Å²) in [5, 5.41) is 0.679. The molecule has 0 aliphatic carbocycles. The quantitative estimate of drug-likeness (QED) is 0.411. The molecule has 1 fully saturated rings. The number of carbonyl (C=O) groups is 2. The summed E-state index contributed by atoms with van der Waals surface area (Å²) in [6, 6.07) is 13.2. The Balaban J connectivity index is 1.80. The van der Waals surface area contributed by atoms with E-state index < -0.39 is 0 Å². The molecule has 0 spiro atoms. The third kappa shape index (κ3) is 5.16. The number of halogens is 1. The zero-order valence-corrected chi connectivity index (χ0v) is 20.3. The lowest BCUT2D eigenvalue weighted by molar-refractivity contribution is -0.933. The van der Waals surface area contributed by atoms with Gasteiger partial charge in [-0.2, -0.15) is 0 Å². The van der Waals surface area contributed by atoms with E-state index in [1.165, 1.54) is 0 Å². The van der Waals surface area contributed by atoms with E-state index in [0.29, 0.717) is 29.1 Å². The van der Waals surface area contributed by atoms with Crippen molar-refractivity contribution in [3.8, 4) is 0 Å². The first-order valence-electron chi connectivity index (χ1n) is 11.4. The average molecular weight is 458 g/mol. The Hall–Kier alpha value is -2.37. The van der Waals surface area contributed by atoms with Crippen molar-refractivity contribution in [1.29, 1.82) is 0 Å². The molecule has 2 aromatic rings. The minimum atomic E-state index is -0.266. The molecule has 1 aliphatic rings. The van der Waals surface area contributed by atoms with Gasteiger partial charge in [-0.15, -0.1) is 0 Å². The summed E-state index contributed by atoms with van der Waals surface area (Å²) in [6.07, 6.45) is 1.67. The van der Waals surface area contributed by atoms with E-state index >= 15 is 0 Å². The van der Waals surface area contributed by atoms with Crippen molar-refractivity contribution in [2.24, 2.45) is 0 Å². The maximum Gasteiger partial charge on any atom is 0.362 e. The first kappa shape index (κ1) is 24.3. The number of amides is 1. The molecule has 1 amide bonds. The van der Waals surface area contributed by atoms with Gasteiger partial charge in [0.15, 0.2) is 12.6 Å². The Morgan fingerprint density at radius 3 is 2.34 bits per heavy atom. The average Bonchev–Trinajstić information content (AvgIpc) is 2.77. The second-order valence-electron chi connectivity index (χ2n) is 8.69. The van der Waals surface area contributed by atoms with E-state index in [1.807, 2.05) is 61.2 Å². The van der Waals surface area contributed by atoms with Crippen LogP contribution >= 0.6 is 11.6 Å². The molecule has 1 saturated heterocycles. The first-order chi connectivity index (χ1) is 15.3. The highest BCUT2D eigenvalue weighted by atomic mass is 35.5. The van der Waals surface area contributed by atoms with Crippen LogP contribution < -0.4 is 4.90 Å². The maximum absolute atomic E-state index is 13.8. The number of aryl methyl sites for hydroxylation is 2. The van der Waals surface area contributed by atoms with Crippen LogP contribution in [0.5, 0.6) is 0 Å². The molecule has 1 unspecified atom stereocenters. The molecule has 172 valence electrons. The lowest BCUT2D eigenvalue weighted by Crippen LogP contribution is -2.65. The highest BCUT2D eigenvalue weighted by Crippen LogP contribution is 2.33. The smallest absolute Gasteiger partial charge is 0.362 e. The number of esters is 1. The van der Waals surface area contributed by atoms with Crippen LogP contribution in [0.1, 0.15) is 43.4 Å². The van der Waals surface area contributed by atoms with E-state index in [-0.39, 0.29) is 31.1 Å². The summed E-state index contributed by atoms with van der Waals surface area (Å²) in [4.78, 5) is 28.5. The minimum Gasteiger partial charge on any atom is -0.457 e. The van der Waals surface area contributed by atoms with Crippen LogP contribution in [0, 0.1) is 13.8 Å². The summed E-state index contributed by atoms with van der Waals surface area (Å²) in [5.74, 6) is -0.175. The van der Waals surface area contributed by atoms with Gasteiger partial charge < -0.3 is 14.1 Å². The van der Waals surface area contributed by atoms with Crippen molar-refractivity contribution in [2.45, 2.75) is 53.2 Å². The molecule has 32 heavy (non-hydrogen) atoms. The van der Waals surface area contributed by atoms with Crippen LogP contribution in [0.4, 0.5) is 5.69 Å². The van der Waals surface area contributed by atoms with E-state index in [1.54, 1.807) is 0 Å². The number of hydrogen-bond acceptors (Lipinski definition) is 3. The molecular formula is C26H34ClN2O3+. The molecule has 1 aliphatic heterocycles. The second-order valence-corrected chi connectivity index (χ2v) is 9.13. The molecule has 0 bridgehead atoms. The molecule has 1 heterocycles. The van der Waals surface area contributed by atoms with Crippen molar-refractivity contribution in [2.75, 3.05) is 31.1 Å². The van der Waals surface area contributed by atoms with Crippen LogP contribution in [-0.4, -0.2) is 48.6 Å². The van der Waals surface area contributed by atoms with Crippen molar-refractivity contribution in [3.05, 3.63) is 64.2 Å². The SMILES string of the molecule is CC[N+](CC)(CC(=O)OCc1ccccc1)C1CCCN(c2c(C)cc(Cl)cc2C)C1=O. The van der Waals surface area contributed by atoms with E-state index in [2.05, 4.69) is 13.8 Å². The predicted octanol–water partition coefficient (Wildman–Crippen LogP) is 5.05. The Morgan fingerprint density at radius 2 is 1.75 bits per heavy atom. The van der Waals surface area contributed by atoms with Crippen LogP contribution in [0.2, 0.25) is 5.02 Å². The fraction of sp³-hybridized carbons (Fsp3) is 0.462. The van der Waals surface area contributed by atoms with Crippen molar-refractivity contribution in [3.63, 3.8) is 0 Å². The standard InChI is InChI=1S/C26H34ClN2O3/c1-5-29(6-2,17-24(30)32-18-21-11-8-7-9-12-21)23-13-10-14-28(26(23)31)25-19(3)15-22(27)16-20(25)4/h7-9,11-12,15-16,23H,5-6,10,13-14,17-18H2,1-4H3/q+1. The fourth-order valence-corrected chi connectivity index (χ4v) is 5.28. The van der Waals surface area contributed by atoms with Gasteiger partial charge in [0.1, 0.15) is 6.61 Å². The number of benzene rings is 2. The highest BCUT2D eigenvalue weighted by molar-refractivity contribution is 6.30. The Labute approximate surface area is 196 Å². The van der Waals surface area contributed by atoms with Gasteiger partial charge in [0.2, 0.25) is 0 Å². The lowest BCUT2D eigenvalue weighted by atomic mass is 9.97. The van der Waals surface area contributed by atoms with Crippen LogP contribution in [0.25, 0.3) is 0 Å². The number of nitrogens with zero attached hydrogens (tertiary/aromatic N) is 2. The third-order valence-corrected chi connectivity index (χ3v) is 6.96. The van der Waals surface area contributed by atoms with Gasteiger partial charge in [0.25, 0.3) is 5.91 Å². The van der Waals surface area contributed by atoms with E-state index in [4.69, 9.17) is 16.3 Å². The Bertz CT molecular complexity index is 934. The summed E-state index contributed by atoms with van der Waals surface area (Å²) in [7, 11) is 0. The molecule has 3 rings (SSSR count). The number of anilines is 1. The fourth-order valence-electron chi connectivity index (χ4n) is 4.95. The Kier molecular flexibility index (Phi) is 7.96. The number of rotatable bonds is 8. The lowest BCUT2D eigenvalue weighted by Gasteiger charge is -2.46. The summed E-state index contributed by atoms with van der Waals surface area (Å²) in [6.45, 7) is 10.6. The minimum absolute atomic E-state index is 0.0873. The zero-order chi connectivity index (χ0) is 23.3. The molecule has 0 radical (unpaired) electrons. The number of piperidine rings is 1. The van der Waals surface area contributed by atoms with E-state index in [0.717, 1.165) is 35.2 Å². The van der Waals surface area contributed by atoms with Gasteiger partial charge >= 0.3 is 5.97 Å². The number of likely N-dealkylation sites (N-methyl/N-ethyl adjacent to an activating group) is 1. The van der Waals surface area contributed by atoms with Gasteiger partial charge in [-0.25, -0.2) is 4.79 Å². The topological polar surface area (TPSA) is 46.6 Å². The number of hydrogen-bond donors (Lipinski definition) is 0. The molecular weight excluding hydrogens is 424 g/mol. The monoisotopic (exact) mass is 457 g/mol. The molecule has 0 aromatic heterocycles. The number of quaternary nitrogens is 1. The van der Waals surface area contributed by atoms with Gasteiger partial charge in [0, 0.05) is 23.7 Å². The second kappa shape index (κ2) is 10.5. The van der Waals surface area contributed by atoms with E-state index in [9.17, 15) is 9.59 Å². The van der Waals surface area contributed by atoms with Crippen LogP contribution in [0.3, 0.4) is 0 Å². The molecule has 2 aromatic carbocycles. The molecule has 0 N–H and O–H groups in total. The van der Waals surface area contributed by atoms with Crippen molar-refractivity contribution >= 4 is 29.2 Å². The molecule has 0 saturated carbocycles. The third-order valence-electron chi connectivity index (χ3n) is 6.74. The van der Waals surface area contributed by atoms with Crippen molar-refractivity contribution in [1.82, 2.24) is 0 Å².